The number of amides is 1. The first kappa shape index (κ1) is 22.9. The predicted octanol–water partition coefficient (Wildman–Crippen LogP) is 7.86. The van der Waals surface area contributed by atoms with Crippen LogP contribution in [-0.2, 0) is 13.6 Å². The Hall–Kier alpha value is -2.83. The number of para-hydroxylation sites is 1. The smallest absolute Gasteiger partial charge is 0.268 e. The van der Waals surface area contributed by atoms with Crippen LogP contribution in [0.4, 0.5) is 0 Å². The van der Waals surface area contributed by atoms with Gasteiger partial charge in [0.1, 0.15) is 10.7 Å². The summed E-state index contributed by atoms with van der Waals surface area (Å²) in [6, 6.07) is 22.7. The van der Waals surface area contributed by atoms with Gasteiger partial charge in [0.05, 0.1) is 27.2 Å². The molecule has 2 heterocycles. The number of carbonyl (C=O) groups excluding carboxylic acids is 1. The number of halogens is 3. The van der Waals surface area contributed by atoms with E-state index in [2.05, 4.69) is 5.32 Å². The first-order valence-electron chi connectivity index (χ1n) is 10.4. The lowest BCUT2D eigenvalue weighted by molar-refractivity contribution is 0.0943. The maximum absolute atomic E-state index is 13.0. The van der Waals surface area contributed by atoms with Crippen molar-refractivity contribution >= 4 is 62.9 Å². The summed E-state index contributed by atoms with van der Waals surface area (Å²) in [6.45, 7) is 0.272. The molecule has 0 aliphatic heterocycles. The number of fused-ring (bicyclic) bond motifs is 1. The highest BCUT2D eigenvalue weighted by Crippen LogP contribution is 2.42. The SMILES string of the molecule is Cn1c(C(=O)NCc2nc(-c3ccccc3Cl)c(-c3ccc(Cl)cc3Cl)s2)cc2ccccc21. The van der Waals surface area contributed by atoms with Gasteiger partial charge in [0, 0.05) is 34.1 Å². The second kappa shape index (κ2) is 9.43. The Morgan fingerprint density at radius 1 is 0.941 bits per heavy atom. The number of hydrogen-bond donors (Lipinski definition) is 1. The van der Waals surface area contributed by atoms with Gasteiger partial charge in [-0.05, 0) is 30.3 Å². The molecule has 0 aliphatic rings. The van der Waals surface area contributed by atoms with Gasteiger partial charge in [-0.2, -0.15) is 0 Å². The third-order valence-electron chi connectivity index (χ3n) is 5.56. The fraction of sp³-hybridized carbons (Fsp3) is 0.0769. The predicted molar refractivity (Wildman–Crippen MR) is 142 cm³/mol. The first-order chi connectivity index (χ1) is 16.4. The van der Waals surface area contributed by atoms with E-state index in [9.17, 15) is 4.79 Å². The fourth-order valence-electron chi connectivity index (χ4n) is 3.89. The van der Waals surface area contributed by atoms with E-state index in [0.29, 0.717) is 26.5 Å². The molecule has 0 saturated carbocycles. The van der Waals surface area contributed by atoms with Gasteiger partial charge in [0.15, 0.2) is 0 Å². The van der Waals surface area contributed by atoms with E-state index in [4.69, 9.17) is 39.8 Å². The van der Waals surface area contributed by atoms with Crippen molar-refractivity contribution in [1.29, 1.82) is 0 Å². The van der Waals surface area contributed by atoms with Crippen LogP contribution in [-0.4, -0.2) is 15.5 Å². The number of nitrogens with one attached hydrogen (secondary N) is 1. The molecule has 0 spiro atoms. The minimum absolute atomic E-state index is 0.167. The highest BCUT2D eigenvalue weighted by atomic mass is 35.5. The van der Waals surface area contributed by atoms with Crippen LogP contribution >= 0.6 is 46.1 Å². The third-order valence-corrected chi connectivity index (χ3v) is 7.53. The van der Waals surface area contributed by atoms with Crippen LogP contribution in [0, 0.1) is 0 Å². The molecule has 170 valence electrons. The van der Waals surface area contributed by atoms with E-state index in [0.717, 1.165) is 31.9 Å². The standard InChI is InChI=1S/C26H18Cl3N3OS/c1-32-21-9-5-2-6-15(21)12-22(32)26(33)30-14-23-31-24(17-7-3-4-8-19(17)28)25(34-23)18-11-10-16(27)13-20(18)29/h2-13H,14H2,1H3,(H,30,33). The Morgan fingerprint density at radius 3 is 2.47 bits per heavy atom. The summed E-state index contributed by atoms with van der Waals surface area (Å²) in [5.74, 6) is -0.167. The lowest BCUT2D eigenvalue weighted by atomic mass is 10.1. The first-order valence-corrected chi connectivity index (χ1v) is 12.4. The van der Waals surface area contributed by atoms with Gasteiger partial charge in [-0.15, -0.1) is 11.3 Å². The Bertz CT molecular complexity index is 1540. The Kier molecular flexibility index (Phi) is 6.36. The lowest BCUT2D eigenvalue weighted by Gasteiger charge is -2.07. The Labute approximate surface area is 215 Å². The Balaban J connectivity index is 1.49. The van der Waals surface area contributed by atoms with Crippen LogP contribution in [0.3, 0.4) is 0 Å². The van der Waals surface area contributed by atoms with E-state index < -0.39 is 0 Å². The molecule has 0 radical (unpaired) electrons. The molecule has 4 nitrogen and oxygen atoms in total. The molecule has 1 N–H and O–H groups in total. The van der Waals surface area contributed by atoms with Crippen molar-refractivity contribution in [3.05, 3.63) is 98.6 Å². The number of aromatic nitrogens is 2. The van der Waals surface area contributed by atoms with Crippen LogP contribution in [0.15, 0.2) is 72.8 Å². The Morgan fingerprint density at radius 2 is 1.71 bits per heavy atom. The van der Waals surface area contributed by atoms with Crippen molar-refractivity contribution in [2.75, 3.05) is 0 Å². The highest BCUT2D eigenvalue weighted by Gasteiger charge is 2.20. The van der Waals surface area contributed by atoms with Crippen LogP contribution in [0.25, 0.3) is 32.6 Å². The number of carbonyl (C=O) groups is 1. The van der Waals surface area contributed by atoms with Crippen LogP contribution in [0.5, 0.6) is 0 Å². The highest BCUT2D eigenvalue weighted by molar-refractivity contribution is 7.15. The van der Waals surface area contributed by atoms with E-state index in [-0.39, 0.29) is 12.5 Å². The summed E-state index contributed by atoms with van der Waals surface area (Å²) in [7, 11) is 1.89. The van der Waals surface area contributed by atoms with Crippen LogP contribution in [0.2, 0.25) is 15.1 Å². The normalized spacial score (nSPS) is 11.2. The summed E-state index contributed by atoms with van der Waals surface area (Å²) in [5, 5.41) is 6.42. The van der Waals surface area contributed by atoms with Gasteiger partial charge < -0.3 is 9.88 Å². The van der Waals surface area contributed by atoms with Crippen molar-refractivity contribution in [1.82, 2.24) is 14.9 Å². The maximum atomic E-state index is 13.0. The van der Waals surface area contributed by atoms with E-state index in [1.807, 2.05) is 72.3 Å². The molecule has 0 atom stereocenters. The van der Waals surface area contributed by atoms with Crippen molar-refractivity contribution in [2.45, 2.75) is 6.54 Å². The summed E-state index contributed by atoms with van der Waals surface area (Å²) >= 11 is 20.6. The van der Waals surface area contributed by atoms with Crippen molar-refractivity contribution < 1.29 is 4.79 Å². The minimum atomic E-state index is -0.167. The molecule has 8 heteroatoms. The molecule has 0 bridgehead atoms. The zero-order valence-corrected chi connectivity index (χ0v) is 21.1. The topological polar surface area (TPSA) is 46.9 Å². The molecule has 0 aliphatic carbocycles. The summed E-state index contributed by atoms with van der Waals surface area (Å²) < 4.78 is 1.89. The average Bonchev–Trinajstić information content (AvgIpc) is 3.39. The molecule has 34 heavy (non-hydrogen) atoms. The molecule has 5 aromatic rings. The van der Waals surface area contributed by atoms with E-state index >= 15 is 0 Å². The number of hydrogen-bond acceptors (Lipinski definition) is 3. The number of benzene rings is 3. The second-order valence-corrected chi connectivity index (χ2v) is 10.1. The summed E-state index contributed by atoms with van der Waals surface area (Å²) in [4.78, 5) is 18.7. The molecular formula is C26H18Cl3N3OS. The van der Waals surface area contributed by atoms with Gasteiger partial charge in [0.2, 0.25) is 0 Å². The molecule has 1 amide bonds. The minimum Gasteiger partial charge on any atom is -0.344 e. The zero-order valence-electron chi connectivity index (χ0n) is 18.0. The van der Waals surface area contributed by atoms with Gasteiger partial charge in [0.25, 0.3) is 5.91 Å². The quantitative estimate of drug-likeness (QED) is 0.253. The summed E-state index contributed by atoms with van der Waals surface area (Å²) in [5.41, 5.74) is 3.92. The number of rotatable bonds is 5. The van der Waals surface area contributed by atoms with Crippen LogP contribution in [0.1, 0.15) is 15.5 Å². The molecule has 0 fully saturated rings. The van der Waals surface area contributed by atoms with Gasteiger partial charge >= 0.3 is 0 Å². The van der Waals surface area contributed by atoms with Crippen molar-refractivity contribution in [3.8, 4) is 21.7 Å². The van der Waals surface area contributed by atoms with E-state index in [1.54, 1.807) is 12.1 Å². The molecular weight excluding hydrogens is 509 g/mol. The van der Waals surface area contributed by atoms with Gasteiger partial charge in [-0.3, -0.25) is 4.79 Å². The van der Waals surface area contributed by atoms with Crippen LogP contribution < -0.4 is 5.32 Å². The number of thiazole rings is 1. The molecule has 3 aromatic carbocycles. The monoisotopic (exact) mass is 525 g/mol. The average molecular weight is 527 g/mol. The maximum Gasteiger partial charge on any atom is 0.268 e. The van der Waals surface area contributed by atoms with Gasteiger partial charge in [-0.1, -0.05) is 77.3 Å². The fourth-order valence-corrected chi connectivity index (χ4v) is 5.73. The third kappa shape index (κ3) is 4.32. The van der Waals surface area contributed by atoms with Gasteiger partial charge in [-0.25, -0.2) is 4.98 Å². The molecule has 5 rings (SSSR count). The molecule has 2 aromatic heterocycles. The number of nitrogens with zero attached hydrogens (tertiary/aromatic N) is 2. The molecule has 0 saturated heterocycles. The molecule has 0 unspecified atom stereocenters. The second-order valence-electron chi connectivity index (χ2n) is 7.72. The largest absolute Gasteiger partial charge is 0.344 e. The van der Waals surface area contributed by atoms with E-state index in [1.165, 1.54) is 11.3 Å². The zero-order chi connectivity index (χ0) is 23.8. The summed E-state index contributed by atoms with van der Waals surface area (Å²) in [6.07, 6.45) is 0. The lowest BCUT2D eigenvalue weighted by Crippen LogP contribution is -2.24. The number of aryl methyl sites for hydroxylation is 1. The van der Waals surface area contributed by atoms with Crippen molar-refractivity contribution in [2.24, 2.45) is 7.05 Å². The van der Waals surface area contributed by atoms with Crippen molar-refractivity contribution in [3.63, 3.8) is 0 Å².